The third-order valence-electron chi connectivity index (χ3n) is 5.06. The van der Waals surface area contributed by atoms with E-state index in [0.29, 0.717) is 12.1 Å². The summed E-state index contributed by atoms with van der Waals surface area (Å²) in [5, 5.41) is 0. The lowest BCUT2D eigenvalue weighted by atomic mass is 9.94. The van der Waals surface area contributed by atoms with Gasteiger partial charge in [-0.25, -0.2) is 0 Å². The maximum absolute atomic E-state index is 6.12. The highest BCUT2D eigenvalue weighted by Crippen LogP contribution is 2.35. The zero-order valence-corrected chi connectivity index (χ0v) is 14.1. The first kappa shape index (κ1) is 14.8. The number of halogens is 1. The van der Waals surface area contributed by atoms with Crippen LogP contribution in [0.2, 0.25) is 4.34 Å². The first-order valence-corrected chi connectivity index (χ1v) is 9.13. The minimum Gasteiger partial charge on any atom is -0.298 e. The van der Waals surface area contributed by atoms with Crippen molar-refractivity contribution in [3.05, 3.63) is 21.3 Å². The van der Waals surface area contributed by atoms with Crippen molar-refractivity contribution in [1.82, 2.24) is 9.80 Å². The Bertz CT molecular complexity index is 447. The van der Waals surface area contributed by atoms with Gasteiger partial charge >= 0.3 is 0 Å². The van der Waals surface area contributed by atoms with Crippen LogP contribution in [0.1, 0.15) is 50.4 Å². The molecule has 0 radical (unpaired) electrons. The fourth-order valence-electron chi connectivity index (χ4n) is 3.83. The normalized spacial score (nSPS) is 30.1. The van der Waals surface area contributed by atoms with Crippen LogP contribution in [0, 0.1) is 0 Å². The van der Waals surface area contributed by atoms with Gasteiger partial charge in [-0.1, -0.05) is 24.9 Å². The predicted octanol–water partition coefficient (Wildman–Crippen LogP) is 4.41. The van der Waals surface area contributed by atoms with Crippen LogP contribution in [0.15, 0.2) is 12.1 Å². The van der Waals surface area contributed by atoms with Crippen molar-refractivity contribution in [2.24, 2.45) is 0 Å². The van der Waals surface area contributed by atoms with Crippen LogP contribution in [0.4, 0.5) is 0 Å². The van der Waals surface area contributed by atoms with Crippen LogP contribution in [-0.4, -0.2) is 41.5 Å². The third-order valence-corrected chi connectivity index (χ3v) is 6.46. The van der Waals surface area contributed by atoms with E-state index in [0.717, 1.165) is 10.4 Å². The average Bonchev–Trinajstić information content (AvgIpc) is 2.91. The van der Waals surface area contributed by atoms with E-state index < -0.39 is 0 Å². The molecule has 0 saturated carbocycles. The van der Waals surface area contributed by atoms with E-state index >= 15 is 0 Å². The second-order valence-electron chi connectivity index (χ2n) is 6.22. The smallest absolute Gasteiger partial charge is 0.0931 e. The molecule has 0 amide bonds. The number of hydrogen-bond donors (Lipinski definition) is 0. The number of fused-ring (bicyclic) bond motifs is 1. The van der Waals surface area contributed by atoms with Gasteiger partial charge in [-0.15, -0.1) is 11.3 Å². The number of nitrogens with zero attached hydrogens (tertiary/aromatic N) is 2. The lowest BCUT2D eigenvalue weighted by molar-refractivity contribution is -0.0116. The Morgan fingerprint density at radius 2 is 2.20 bits per heavy atom. The van der Waals surface area contributed by atoms with Crippen molar-refractivity contribution in [2.45, 2.75) is 57.7 Å². The van der Waals surface area contributed by atoms with Gasteiger partial charge in [0.15, 0.2) is 0 Å². The number of piperazine rings is 1. The molecule has 2 nitrogen and oxygen atoms in total. The van der Waals surface area contributed by atoms with E-state index in [4.69, 9.17) is 11.6 Å². The van der Waals surface area contributed by atoms with Crippen LogP contribution < -0.4 is 0 Å². The third kappa shape index (κ3) is 2.92. The Balaban J connectivity index is 1.76. The zero-order chi connectivity index (χ0) is 14.1. The van der Waals surface area contributed by atoms with Gasteiger partial charge in [0.1, 0.15) is 0 Å². The second-order valence-corrected chi connectivity index (χ2v) is 7.97. The van der Waals surface area contributed by atoms with Gasteiger partial charge in [0, 0.05) is 36.1 Å². The van der Waals surface area contributed by atoms with Gasteiger partial charge in [0.25, 0.3) is 0 Å². The van der Waals surface area contributed by atoms with Gasteiger partial charge in [0.2, 0.25) is 0 Å². The summed E-state index contributed by atoms with van der Waals surface area (Å²) in [4.78, 5) is 6.88. The first-order chi connectivity index (χ1) is 9.69. The van der Waals surface area contributed by atoms with Gasteiger partial charge in [-0.2, -0.15) is 0 Å². The Morgan fingerprint density at radius 1 is 1.35 bits per heavy atom. The molecule has 2 aliphatic heterocycles. The molecule has 2 fully saturated rings. The van der Waals surface area contributed by atoms with Crippen molar-refractivity contribution in [2.75, 3.05) is 19.6 Å². The Kier molecular flexibility index (Phi) is 4.71. The van der Waals surface area contributed by atoms with E-state index in [2.05, 4.69) is 29.7 Å². The van der Waals surface area contributed by atoms with Crippen molar-refractivity contribution < 1.29 is 0 Å². The monoisotopic (exact) mass is 312 g/mol. The van der Waals surface area contributed by atoms with Crippen molar-refractivity contribution >= 4 is 22.9 Å². The lowest BCUT2D eigenvalue weighted by Crippen LogP contribution is -2.59. The van der Waals surface area contributed by atoms with Crippen LogP contribution in [0.3, 0.4) is 0 Å². The van der Waals surface area contributed by atoms with Gasteiger partial charge in [-0.05, 0) is 44.9 Å². The molecule has 4 heteroatoms. The standard InChI is InChI=1S/C16H25ClN2S/c1-3-13-10-18-9-5-4-6-14(18)11-19(13)12(2)15-7-8-16(17)20-15/h7-8,12-14H,3-6,9-11H2,1-2H3. The summed E-state index contributed by atoms with van der Waals surface area (Å²) >= 11 is 7.86. The topological polar surface area (TPSA) is 6.48 Å². The molecule has 3 rings (SSSR count). The quantitative estimate of drug-likeness (QED) is 0.815. The molecule has 112 valence electrons. The lowest BCUT2D eigenvalue weighted by Gasteiger charge is -2.50. The summed E-state index contributed by atoms with van der Waals surface area (Å²) in [7, 11) is 0. The highest BCUT2D eigenvalue weighted by molar-refractivity contribution is 7.16. The molecule has 0 aliphatic carbocycles. The summed E-state index contributed by atoms with van der Waals surface area (Å²) in [6, 6.07) is 6.22. The molecular weight excluding hydrogens is 288 g/mol. The SMILES string of the molecule is CCC1CN2CCCCC2CN1C(C)c1ccc(Cl)s1. The maximum Gasteiger partial charge on any atom is 0.0931 e. The number of thiophene rings is 1. The highest BCUT2D eigenvalue weighted by Gasteiger charge is 2.36. The molecule has 3 atom stereocenters. The summed E-state index contributed by atoms with van der Waals surface area (Å²) in [6.07, 6.45) is 5.42. The van der Waals surface area contributed by atoms with Crippen LogP contribution >= 0.6 is 22.9 Å². The van der Waals surface area contributed by atoms with E-state index in [-0.39, 0.29) is 0 Å². The molecule has 3 unspecified atom stereocenters. The molecule has 3 heterocycles. The number of hydrogen-bond acceptors (Lipinski definition) is 3. The molecule has 1 aromatic heterocycles. The predicted molar refractivity (Wildman–Crippen MR) is 87.7 cm³/mol. The van der Waals surface area contributed by atoms with Crippen LogP contribution in [-0.2, 0) is 0 Å². The Labute approximate surface area is 131 Å². The molecule has 0 N–H and O–H groups in total. The fourth-order valence-corrected chi connectivity index (χ4v) is 4.96. The zero-order valence-electron chi connectivity index (χ0n) is 12.5. The molecule has 0 aromatic carbocycles. The maximum atomic E-state index is 6.12. The fraction of sp³-hybridized carbons (Fsp3) is 0.750. The molecule has 0 bridgehead atoms. The number of rotatable bonds is 3. The second kappa shape index (κ2) is 6.35. The number of piperidine rings is 1. The molecule has 1 aromatic rings. The van der Waals surface area contributed by atoms with Gasteiger partial charge in [0.05, 0.1) is 4.34 Å². The van der Waals surface area contributed by atoms with Crippen molar-refractivity contribution in [1.29, 1.82) is 0 Å². The van der Waals surface area contributed by atoms with E-state index in [1.165, 1.54) is 50.2 Å². The molecule has 2 aliphatic rings. The molecule has 2 saturated heterocycles. The largest absolute Gasteiger partial charge is 0.298 e. The summed E-state index contributed by atoms with van der Waals surface area (Å²) in [5.41, 5.74) is 0. The molecule has 0 spiro atoms. The first-order valence-electron chi connectivity index (χ1n) is 7.94. The molecular formula is C16H25ClN2S. The summed E-state index contributed by atoms with van der Waals surface area (Å²) in [6.45, 7) is 8.48. The average molecular weight is 313 g/mol. The summed E-state index contributed by atoms with van der Waals surface area (Å²) in [5.74, 6) is 0. The summed E-state index contributed by atoms with van der Waals surface area (Å²) < 4.78 is 0.913. The Morgan fingerprint density at radius 3 is 2.90 bits per heavy atom. The van der Waals surface area contributed by atoms with Crippen LogP contribution in [0.25, 0.3) is 0 Å². The van der Waals surface area contributed by atoms with E-state index in [1.54, 1.807) is 11.3 Å². The van der Waals surface area contributed by atoms with E-state index in [1.807, 2.05) is 6.07 Å². The molecule has 20 heavy (non-hydrogen) atoms. The van der Waals surface area contributed by atoms with Crippen molar-refractivity contribution in [3.63, 3.8) is 0 Å². The van der Waals surface area contributed by atoms with Crippen molar-refractivity contribution in [3.8, 4) is 0 Å². The minimum atomic E-state index is 0.501. The Hall–Kier alpha value is -0.0900. The van der Waals surface area contributed by atoms with E-state index in [9.17, 15) is 0 Å². The van der Waals surface area contributed by atoms with Gasteiger partial charge < -0.3 is 0 Å². The van der Waals surface area contributed by atoms with Crippen LogP contribution in [0.5, 0.6) is 0 Å². The van der Waals surface area contributed by atoms with Gasteiger partial charge in [-0.3, -0.25) is 9.80 Å². The minimum absolute atomic E-state index is 0.501. The highest BCUT2D eigenvalue weighted by atomic mass is 35.5.